The molecule has 0 saturated heterocycles. The van der Waals surface area contributed by atoms with Gasteiger partial charge in [-0.1, -0.05) is 36.4 Å². The molecule has 2 aromatic carbocycles. The van der Waals surface area contributed by atoms with Crippen LogP contribution in [0.15, 0.2) is 63.1 Å². The Kier molecular flexibility index (Phi) is 3.99. The number of ketones is 1. The number of hydrogen-bond acceptors (Lipinski definition) is 4. The number of benzene rings is 2. The van der Waals surface area contributed by atoms with Crippen molar-refractivity contribution in [2.45, 2.75) is 5.92 Å². The van der Waals surface area contributed by atoms with Crippen molar-refractivity contribution < 1.29 is 4.79 Å². The molecule has 0 unspecified atom stereocenters. The molecule has 2 heterocycles. The number of nitrogens with zero attached hydrogens (tertiary/aromatic N) is 3. The third-order valence-corrected chi connectivity index (χ3v) is 6.46. The molecule has 1 aliphatic carbocycles. The Bertz CT molecular complexity index is 1370. The van der Waals surface area contributed by atoms with Crippen LogP contribution < -0.4 is 11.2 Å². The lowest BCUT2D eigenvalue weighted by Crippen LogP contribution is -2.43. The van der Waals surface area contributed by atoms with Crippen molar-refractivity contribution in [3.63, 3.8) is 0 Å². The molecule has 7 heteroatoms. The maximum absolute atomic E-state index is 13.4. The van der Waals surface area contributed by atoms with E-state index < -0.39 is 23.1 Å². The number of Topliss-reactive ketones (excluding diaryl/α,β-unsaturated/α-hetero) is 1. The van der Waals surface area contributed by atoms with Crippen LogP contribution in [-0.4, -0.2) is 20.6 Å². The molecule has 0 N–H and O–H groups in total. The van der Waals surface area contributed by atoms with Gasteiger partial charge in [0.15, 0.2) is 5.78 Å². The summed E-state index contributed by atoms with van der Waals surface area (Å²) in [5, 5.41) is 0. The number of halogens is 1. The smallest absolute Gasteiger partial charge is 0.293 e. The predicted octanol–water partition coefficient (Wildman–Crippen LogP) is 2.77. The molecular weight excluding hydrogens is 481 g/mol. The summed E-state index contributed by atoms with van der Waals surface area (Å²) < 4.78 is 3.49. The Hall–Kier alpha value is -2.81. The zero-order valence-corrected chi connectivity index (χ0v) is 17.9. The second kappa shape index (κ2) is 6.35. The average molecular weight is 497 g/mol. The number of aliphatic imine (C=N–C) groups is 1. The first kappa shape index (κ1) is 18.2. The van der Waals surface area contributed by atoms with Gasteiger partial charge in [0.05, 0.1) is 17.2 Å². The van der Waals surface area contributed by atoms with E-state index in [-0.39, 0.29) is 5.78 Å². The van der Waals surface area contributed by atoms with Gasteiger partial charge in [0.2, 0.25) is 0 Å². The van der Waals surface area contributed by atoms with Gasteiger partial charge in [-0.05, 0) is 40.3 Å². The van der Waals surface area contributed by atoms with E-state index in [1.54, 1.807) is 13.1 Å². The number of aromatic nitrogens is 2. The third-order valence-electron chi connectivity index (χ3n) is 5.79. The van der Waals surface area contributed by atoms with Crippen molar-refractivity contribution in [2.24, 2.45) is 25.0 Å². The maximum Gasteiger partial charge on any atom is 0.332 e. The highest BCUT2D eigenvalue weighted by Gasteiger charge is 2.47. The van der Waals surface area contributed by atoms with E-state index in [0.717, 1.165) is 19.3 Å². The maximum atomic E-state index is 13.4. The van der Waals surface area contributed by atoms with Crippen molar-refractivity contribution >= 4 is 39.9 Å². The van der Waals surface area contributed by atoms with E-state index in [2.05, 4.69) is 22.6 Å². The quantitative estimate of drug-likeness (QED) is 0.486. The summed E-state index contributed by atoms with van der Waals surface area (Å²) in [6, 6.07) is 15.2. The zero-order chi connectivity index (χ0) is 20.4. The second-order valence-corrected chi connectivity index (χ2v) is 8.61. The van der Waals surface area contributed by atoms with Crippen LogP contribution in [0.25, 0.3) is 0 Å². The van der Waals surface area contributed by atoms with Crippen molar-refractivity contribution in [1.29, 1.82) is 0 Å². The molecule has 3 aromatic rings. The van der Waals surface area contributed by atoms with Gasteiger partial charge in [-0.3, -0.25) is 18.7 Å². The molecule has 0 saturated carbocycles. The summed E-state index contributed by atoms with van der Waals surface area (Å²) in [7, 11) is 3.07. The van der Waals surface area contributed by atoms with Gasteiger partial charge in [-0.2, -0.15) is 0 Å². The lowest BCUT2D eigenvalue weighted by atomic mass is 9.76. The Morgan fingerprint density at radius 1 is 0.897 bits per heavy atom. The number of carbonyl (C=O) groups is 1. The second-order valence-electron chi connectivity index (χ2n) is 7.36. The largest absolute Gasteiger partial charge is 0.332 e. The molecule has 0 spiro atoms. The Morgan fingerprint density at radius 2 is 1.62 bits per heavy atom. The lowest BCUT2D eigenvalue weighted by Gasteiger charge is -2.30. The van der Waals surface area contributed by atoms with Crippen LogP contribution in [0.1, 0.15) is 33.0 Å². The molecule has 0 radical (unpaired) electrons. The number of hydrogen-bond donors (Lipinski definition) is 0. The van der Waals surface area contributed by atoms with E-state index in [9.17, 15) is 14.4 Å². The SMILES string of the molecule is Cn1c2c(c(=O)n(C)c1=O)[C@@H](c1cccc(I)c1)[C@H]1C(=O)c3ccccc3C1=N2. The normalized spacial score (nSPS) is 19.4. The summed E-state index contributed by atoms with van der Waals surface area (Å²) in [6.45, 7) is 0. The van der Waals surface area contributed by atoms with Crippen LogP contribution in [0, 0.1) is 9.49 Å². The number of fused-ring (bicyclic) bond motifs is 4. The van der Waals surface area contributed by atoms with Crippen molar-refractivity contribution in [3.05, 3.63) is 95.2 Å². The van der Waals surface area contributed by atoms with Crippen LogP contribution >= 0.6 is 22.6 Å². The highest BCUT2D eigenvalue weighted by Crippen LogP contribution is 2.46. The molecule has 6 nitrogen and oxygen atoms in total. The molecule has 0 bridgehead atoms. The Morgan fingerprint density at radius 3 is 2.34 bits per heavy atom. The van der Waals surface area contributed by atoms with Gasteiger partial charge in [0, 0.05) is 34.7 Å². The predicted molar refractivity (Wildman–Crippen MR) is 118 cm³/mol. The highest BCUT2D eigenvalue weighted by atomic mass is 127. The van der Waals surface area contributed by atoms with Crippen LogP contribution in [-0.2, 0) is 14.1 Å². The zero-order valence-electron chi connectivity index (χ0n) is 15.7. The highest BCUT2D eigenvalue weighted by molar-refractivity contribution is 14.1. The van der Waals surface area contributed by atoms with Gasteiger partial charge in [0.1, 0.15) is 5.82 Å². The summed E-state index contributed by atoms with van der Waals surface area (Å²) in [5.41, 5.74) is 2.44. The summed E-state index contributed by atoms with van der Waals surface area (Å²) in [4.78, 5) is 43.8. The Balaban J connectivity index is 1.92. The number of carbonyl (C=O) groups excluding carboxylic acids is 1. The lowest BCUT2D eigenvalue weighted by molar-refractivity contribution is 0.0953. The summed E-state index contributed by atoms with van der Waals surface area (Å²) in [6.07, 6.45) is 0. The average Bonchev–Trinajstić information content (AvgIpc) is 3.01. The molecule has 1 aromatic heterocycles. The molecule has 0 amide bonds. The first-order valence-electron chi connectivity index (χ1n) is 9.17. The standard InChI is InChI=1S/C22H16IN3O3/c1-25-20-17(21(28)26(2)22(25)29)15(11-6-5-7-12(23)10-11)16-18(24-20)13-8-3-4-9-14(13)19(16)27/h3-10,15-16H,1-2H3/t15-,16+/m0/s1. The molecule has 5 rings (SSSR count). The van der Waals surface area contributed by atoms with Crippen LogP contribution in [0.4, 0.5) is 5.82 Å². The van der Waals surface area contributed by atoms with Gasteiger partial charge in [-0.25, -0.2) is 9.79 Å². The van der Waals surface area contributed by atoms with Crippen LogP contribution in [0.2, 0.25) is 0 Å². The van der Waals surface area contributed by atoms with Crippen LogP contribution in [0.5, 0.6) is 0 Å². The van der Waals surface area contributed by atoms with Gasteiger partial charge in [-0.15, -0.1) is 0 Å². The summed E-state index contributed by atoms with van der Waals surface area (Å²) >= 11 is 2.22. The van der Waals surface area contributed by atoms with Gasteiger partial charge < -0.3 is 0 Å². The number of rotatable bonds is 1. The van der Waals surface area contributed by atoms with Gasteiger partial charge >= 0.3 is 5.69 Å². The summed E-state index contributed by atoms with van der Waals surface area (Å²) in [5.74, 6) is -0.789. The minimum atomic E-state index is -0.580. The van der Waals surface area contributed by atoms with Crippen molar-refractivity contribution in [1.82, 2.24) is 9.13 Å². The topological polar surface area (TPSA) is 73.4 Å². The molecule has 2 aliphatic rings. The van der Waals surface area contributed by atoms with Crippen molar-refractivity contribution in [2.75, 3.05) is 0 Å². The van der Waals surface area contributed by atoms with Crippen molar-refractivity contribution in [3.8, 4) is 0 Å². The minimum absolute atomic E-state index is 0.0373. The molecular formula is C22H16IN3O3. The molecule has 0 fully saturated rings. The fourth-order valence-electron chi connectivity index (χ4n) is 4.43. The fraction of sp³-hybridized carbons (Fsp3) is 0.182. The molecule has 1 aliphatic heterocycles. The fourth-order valence-corrected chi connectivity index (χ4v) is 4.99. The first-order chi connectivity index (χ1) is 13.9. The van der Waals surface area contributed by atoms with E-state index in [1.165, 1.54) is 11.6 Å². The minimum Gasteiger partial charge on any atom is -0.293 e. The van der Waals surface area contributed by atoms with E-state index in [0.29, 0.717) is 22.7 Å². The molecule has 144 valence electrons. The molecule has 29 heavy (non-hydrogen) atoms. The molecule has 2 atom stereocenters. The van der Waals surface area contributed by atoms with E-state index in [1.807, 2.05) is 42.5 Å². The van der Waals surface area contributed by atoms with E-state index in [4.69, 9.17) is 4.99 Å². The first-order valence-corrected chi connectivity index (χ1v) is 10.3. The monoisotopic (exact) mass is 497 g/mol. The van der Waals surface area contributed by atoms with Gasteiger partial charge in [0.25, 0.3) is 5.56 Å². The third kappa shape index (κ3) is 2.46. The van der Waals surface area contributed by atoms with E-state index >= 15 is 0 Å². The van der Waals surface area contributed by atoms with Crippen LogP contribution in [0.3, 0.4) is 0 Å². The Labute approximate surface area is 179 Å².